The van der Waals surface area contributed by atoms with Crippen LogP contribution in [0.4, 0.5) is 0 Å². The second kappa shape index (κ2) is 5.81. The minimum absolute atomic E-state index is 0.300. The SMILES string of the molecule is Cc1nonc1COc1c(Br)cc(CN)cc1Br. The first-order chi connectivity index (χ1) is 8.61. The molecule has 2 aromatic rings. The molecule has 1 heterocycles. The molecule has 0 aliphatic heterocycles. The van der Waals surface area contributed by atoms with Crippen molar-refractivity contribution in [1.82, 2.24) is 10.3 Å². The van der Waals surface area contributed by atoms with E-state index >= 15 is 0 Å². The van der Waals surface area contributed by atoms with Gasteiger partial charge in [-0.1, -0.05) is 10.3 Å². The van der Waals surface area contributed by atoms with Crippen LogP contribution >= 0.6 is 31.9 Å². The fourth-order valence-corrected chi connectivity index (χ4v) is 2.90. The van der Waals surface area contributed by atoms with Crippen LogP contribution in [0.25, 0.3) is 0 Å². The van der Waals surface area contributed by atoms with E-state index in [-0.39, 0.29) is 0 Å². The minimum Gasteiger partial charge on any atom is -0.485 e. The predicted molar refractivity (Wildman–Crippen MR) is 73.1 cm³/mol. The van der Waals surface area contributed by atoms with E-state index in [1.807, 2.05) is 19.1 Å². The first kappa shape index (κ1) is 13.5. The predicted octanol–water partition coefficient (Wildman–Crippen LogP) is 2.94. The summed E-state index contributed by atoms with van der Waals surface area (Å²) in [4.78, 5) is 0. The molecular formula is C11H11Br2N3O2. The van der Waals surface area contributed by atoms with Crippen molar-refractivity contribution in [1.29, 1.82) is 0 Å². The van der Waals surface area contributed by atoms with Crippen LogP contribution in [0.1, 0.15) is 17.0 Å². The number of aryl methyl sites for hydroxylation is 1. The zero-order chi connectivity index (χ0) is 13.1. The lowest BCUT2D eigenvalue weighted by Crippen LogP contribution is -2.01. The molecule has 0 bridgehead atoms. The van der Waals surface area contributed by atoms with Crippen molar-refractivity contribution in [2.75, 3.05) is 0 Å². The van der Waals surface area contributed by atoms with Crippen molar-refractivity contribution in [2.45, 2.75) is 20.1 Å². The standard InChI is InChI=1S/C11H11Br2N3O2/c1-6-10(16-18-15-6)5-17-11-8(12)2-7(4-14)3-9(11)13/h2-3H,4-5,14H2,1H3. The monoisotopic (exact) mass is 375 g/mol. The minimum atomic E-state index is 0.300. The second-order valence-corrected chi connectivity index (χ2v) is 5.39. The number of hydrogen-bond acceptors (Lipinski definition) is 5. The first-order valence-corrected chi connectivity index (χ1v) is 6.79. The average Bonchev–Trinajstić information content (AvgIpc) is 2.73. The van der Waals surface area contributed by atoms with Gasteiger partial charge in [0, 0.05) is 6.54 Å². The lowest BCUT2D eigenvalue weighted by Gasteiger charge is -2.10. The number of halogens is 2. The molecule has 0 unspecified atom stereocenters. The fraction of sp³-hybridized carbons (Fsp3) is 0.273. The number of benzene rings is 1. The second-order valence-electron chi connectivity index (χ2n) is 3.68. The topological polar surface area (TPSA) is 74.2 Å². The summed E-state index contributed by atoms with van der Waals surface area (Å²) in [5, 5.41) is 7.46. The maximum atomic E-state index is 5.70. The molecule has 0 radical (unpaired) electrons. The maximum Gasteiger partial charge on any atom is 0.148 e. The molecule has 7 heteroatoms. The summed E-state index contributed by atoms with van der Waals surface area (Å²) in [6.07, 6.45) is 0. The highest BCUT2D eigenvalue weighted by atomic mass is 79.9. The lowest BCUT2D eigenvalue weighted by atomic mass is 10.2. The molecule has 0 aliphatic carbocycles. The number of nitrogens with zero attached hydrogens (tertiary/aromatic N) is 2. The van der Waals surface area contributed by atoms with Gasteiger partial charge in [-0.05, 0) is 56.5 Å². The molecule has 2 rings (SSSR count). The third-order valence-electron chi connectivity index (χ3n) is 2.39. The molecule has 0 fully saturated rings. The summed E-state index contributed by atoms with van der Waals surface area (Å²) in [7, 11) is 0. The van der Waals surface area contributed by atoms with E-state index in [1.165, 1.54) is 0 Å². The molecule has 0 aliphatic rings. The van der Waals surface area contributed by atoms with Gasteiger partial charge < -0.3 is 10.5 Å². The molecule has 96 valence electrons. The Labute approximate surface area is 121 Å². The van der Waals surface area contributed by atoms with Crippen LogP contribution in [0.2, 0.25) is 0 Å². The van der Waals surface area contributed by atoms with Crippen LogP contribution in [-0.4, -0.2) is 10.3 Å². The van der Waals surface area contributed by atoms with Crippen molar-refractivity contribution in [3.63, 3.8) is 0 Å². The van der Waals surface area contributed by atoms with Gasteiger partial charge in [-0.3, -0.25) is 0 Å². The molecule has 0 atom stereocenters. The Bertz CT molecular complexity index is 534. The van der Waals surface area contributed by atoms with Crippen molar-refractivity contribution < 1.29 is 9.37 Å². The van der Waals surface area contributed by atoms with E-state index in [4.69, 9.17) is 10.5 Å². The van der Waals surface area contributed by atoms with Gasteiger partial charge in [-0.25, -0.2) is 4.63 Å². The van der Waals surface area contributed by atoms with Crippen LogP contribution in [-0.2, 0) is 13.2 Å². The van der Waals surface area contributed by atoms with Gasteiger partial charge in [0.2, 0.25) is 0 Å². The number of aromatic nitrogens is 2. The van der Waals surface area contributed by atoms with Crippen LogP contribution in [0, 0.1) is 6.92 Å². The number of hydrogen-bond donors (Lipinski definition) is 1. The Balaban J connectivity index is 2.17. The van der Waals surface area contributed by atoms with E-state index in [2.05, 4.69) is 46.8 Å². The molecule has 2 N–H and O–H groups in total. The van der Waals surface area contributed by atoms with Crippen LogP contribution < -0.4 is 10.5 Å². The summed E-state index contributed by atoms with van der Waals surface area (Å²) >= 11 is 6.90. The normalized spacial score (nSPS) is 10.7. The fourth-order valence-electron chi connectivity index (χ4n) is 1.39. The summed E-state index contributed by atoms with van der Waals surface area (Å²) < 4.78 is 12.0. The average molecular weight is 377 g/mol. The van der Waals surface area contributed by atoms with E-state index in [1.54, 1.807) is 0 Å². The summed E-state index contributed by atoms with van der Waals surface area (Å²) in [6, 6.07) is 3.85. The van der Waals surface area contributed by atoms with Crippen molar-refractivity contribution in [3.8, 4) is 5.75 Å². The highest BCUT2D eigenvalue weighted by Crippen LogP contribution is 2.35. The molecule has 0 saturated heterocycles. The summed E-state index contributed by atoms with van der Waals surface area (Å²) in [5.74, 6) is 0.703. The van der Waals surface area contributed by atoms with Crippen LogP contribution in [0.3, 0.4) is 0 Å². The summed E-state index contributed by atoms with van der Waals surface area (Å²) in [5.41, 5.74) is 8.01. The highest BCUT2D eigenvalue weighted by molar-refractivity contribution is 9.11. The molecule has 18 heavy (non-hydrogen) atoms. The van der Waals surface area contributed by atoms with Crippen molar-refractivity contribution >= 4 is 31.9 Å². The van der Waals surface area contributed by atoms with Crippen LogP contribution in [0.15, 0.2) is 25.7 Å². The van der Waals surface area contributed by atoms with Crippen molar-refractivity contribution in [2.24, 2.45) is 5.73 Å². The van der Waals surface area contributed by atoms with E-state index < -0.39 is 0 Å². The molecule has 5 nitrogen and oxygen atoms in total. The number of rotatable bonds is 4. The van der Waals surface area contributed by atoms with Crippen molar-refractivity contribution in [3.05, 3.63) is 38.0 Å². The zero-order valence-electron chi connectivity index (χ0n) is 9.61. The largest absolute Gasteiger partial charge is 0.485 e. The number of nitrogens with two attached hydrogens (primary N) is 1. The van der Waals surface area contributed by atoms with Gasteiger partial charge in [0.25, 0.3) is 0 Å². The van der Waals surface area contributed by atoms with Gasteiger partial charge in [0.1, 0.15) is 23.7 Å². The first-order valence-electron chi connectivity index (χ1n) is 5.20. The molecule has 1 aromatic heterocycles. The smallest absolute Gasteiger partial charge is 0.148 e. The Morgan fingerprint density at radius 2 is 1.94 bits per heavy atom. The van der Waals surface area contributed by atoms with Gasteiger partial charge >= 0.3 is 0 Å². The third-order valence-corrected chi connectivity index (χ3v) is 3.57. The van der Waals surface area contributed by atoms with Crippen LogP contribution in [0.5, 0.6) is 5.75 Å². The summed E-state index contributed by atoms with van der Waals surface area (Å²) in [6.45, 7) is 2.59. The van der Waals surface area contributed by atoms with Gasteiger partial charge in [0.15, 0.2) is 0 Å². The Hall–Kier alpha value is -0.920. The van der Waals surface area contributed by atoms with Gasteiger partial charge in [0.05, 0.1) is 8.95 Å². The Morgan fingerprint density at radius 1 is 1.28 bits per heavy atom. The maximum absolute atomic E-state index is 5.70. The van der Waals surface area contributed by atoms with E-state index in [9.17, 15) is 0 Å². The third kappa shape index (κ3) is 2.90. The lowest BCUT2D eigenvalue weighted by molar-refractivity contribution is 0.268. The molecule has 0 spiro atoms. The molecular weight excluding hydrogens is 366 g/mol. The van der Waals surface area contributed by atoms with E-state index in [0.29, 0.717) is 24.6 Å². The molecule has 0 saturated carbocycles. The van der Waals surface area contributed by atoms with Gasteiger partial charge in [-0.15, -0.1) is 0 Å². The molecule has 0 amide bonds. The Kier molecular flexibility index (Phi) is 4.36. The number of ether oxygens (including phenoxy) is 1. The van der Waals surface area contributed by atoms with E-state index in [0.717, 1.165) is 20.2 Å². The van der Waals surface area contributed by atoms with Gasteiger partial charge in [-0.2, -0.15) is 0 Å². The zero-order valence-corrected chi connectivity index (χ0v) is 12.8. The highest BCUT2D eigenvalue weighted by Gasteiger charge is 2.11. The Morgan fingerprint density at radius 3 is 2.44 bits per heavy atom. The molecule has 1 aromatic carbocycles. The quantitative estimate of drug-likeness (QED) is 0.887.